The van der Waals surface area contributed by atoms with Crippen molar-refractivity contribution in [3.05, 3.63) is 40.8 Å². The number of carboxylic acids is 1. The fraction of sp³-hybridized carbons (Fsp3) is 0.375. The number of rotatable bonds is 4. The lowest BCUT2D eigenvalue weighted by Gasteiger charge is -2.13. The van der Waals surface area contributed by atoms with Gasteiger partial charge in [-0.2, -0.15) is 0 Å². The molecule has 2 aromatic rings. The van der Waals surface area contributed by atoms with Crippen LogP contribution in [0.25, 0.3) is 11.3 Å². The lowest BCUT2D eigenvalue weighted by Crippen LogP contribution is -2.02. The number of aryl methyl sites for hydroxylation is 3. The molecule has 20 heavy (non-hydrogen) atoms. The van der Waals surface area contributed by atoms with E-state index in [-0.39, 0.29) is 6.42 Å². The van der Waals surface area contributed by atoms with Gasteiger partial charge in [0.25, 0.3) is 0 Å². The molecule has 0 saturated carbocycles. The predicted molar refractivity (Wildman–Crippen MR) is 78.9 cm³/mol. The molecule has 1 heterocycles. The number of carboxylic acid groups (broad SMARTS) is 1. The highest BCUT2D eigenvalue weighted by atomic mass is 16.4. The largest absolute Gasteiger partial charge is 0.481 e. The third kappa shape index (κ3) is 2.74. The minimum Gasteiger partial charge on any atom is -0.481 e. The lowest BCUT2D eigenvalue weighted by atomic mass is 9.93. The Labute approximate surface area is 119 Å². The van der Waals surface area contributed by atoms with Crippen LogP contribution in [0.5, 0.6) is 0 Å². The summed E-state index contributed by atoms with van der Waals surface area (Å²) < 4.78 is 1.83. The molecule has 1 aromatic heterocycles. The number of carbonyl (C=O) groups is 1. The zero-order valence-electron chi connectivity index (χ0n) is 12.4. The molecule has 0 aliphatic carbocycles. The third-order valence-corrected chi connectivity index (χ3v) is 3.84. The summed E-state index contributed by atoms with van der Waals surface area (Å²) in [5, 5.41) is 8.73. The molecule has 0 saturated heterocycles. The van der Waals surface area contributed by atoms with E-state index < -0.39 is 5.97 Å². The first-order chi connectivity index (χ1) is 9.40. The van der Waals surface area contributed by atoms with Crippen molar-refractivity contribution in [2.24, 2.45) is 0 Å². The highest BCUT2D eigenvalue weighted by Gasteiger charge is 2.13. The van der Waals surface area contributed by atoms with Crippen LogP contribution in [0.3, 0.4) is 0 Å². The predicted octanol–water partition coefficient (Wildman–Crippen LogP) is 3.26. The van der Waals surface area contributed by atoms with Crippen molar-refractivity contribution in [3.8, 4) is 11.3 Å². The Balaban J connectivity index is 2.40. The van der Waals surface area contributed by atoms with Gasteiger partial charge in [0.05, 0.1) is 18.4 Å². The van der Waals surface area contributed by atoms with E-state index in [1.54, 1.807) is 6.33 Å². The summed E-state index contributed by atoms with van der Waals surface area (Å²) in [4.78, 5) is 15.1. The van der Waals surface area contributed by atoms with Gasteiger partial charge in [-0.15, -0.1) is 0 Å². The molecule has 0 amide bonds. The molecule has 0 fully saturated rings. The second-order valence-electron chi connectivity index (χ2n) is 5.28. The van der Waals surface area contributed by atoms with Crippen LogP contribution in [0.2, 0.25) is 0 Å². The SMILES string of the molecule is Cc1cc(C)c(C)c(-c2cn(CCC(=O)O)cn2)c1C. The molecule has 0 spiro atoms. The molecular formula is C16H20N2O2. The van der Waals surface area contributed by atoms with E-state index >= 15 is 0 Å². The van der Waals surface area contributed by atoms with E-state index in [1.807, 2.05) is 10.8 Å². The van der Waals surface area contributed by atoms with Gasteiger partial charge in [0.2, 0.25) is 0 Å². The quantitative estimate of drug-likeness (QED) is 0.929. The molecule has 0 aliphatic heterocycles. The molecule has 0 aliphatic rings. The van der Waals surface area contributed by atoms with E-state index in [9.17, 15) is 4.79 Å². The summed E-state index contributed by atoms with van der Waals surface area (Å²) in [5.41, 5.74) is 7.05. The van der Waals surface area contributed by atoms with Crippen LogP contribution < -0.4 is 0 Å². The normalized spacial score (nSPS) is 10.8. The fourth-order valence-corrected chi connectivity index (χ4v) is 2.44. The van der Waals surface area contributed by atoms with E-state index in [4.69, 9.17) is 5.11 Å². The number of benzene rings is 1. The van der Waals surface area contributed by atoms with Crippen molar-refractivity contribution in [2.75, 3.05) is 0 Å². The smallest absolute Gasteiger partial charge is 0.305 e. The average molecular weight is 272 g/mol. The van der Waals surface area contributed by atoms with Crippen LogP contribution in [-0.2, 0) is 11.3 Å². The first-order valence-electron chi connectivity index (χ1n) is 6.71. The fourth-order valence-electron chi connectivity index (χ4n) is 2.44. The van der Waals surface area contributed by atoms with Crippen LogP contribution in [0.1, 0.15) is 28.7 Å². The Hall–Kier alpha value is -2.10. The standard InChI is InChI=1S/C16H20N2O2/c1-10-7-11(2)13(4)16(12(10)3)14-8-18(9-17-14)6-5-15(19)20/h7-9H,5-6H2,1-4H3,(H,19,20). The van der Waals surface area contributed by atoms with Gasteiger partial charge < -0.3 is 9.67 Å². The minimum atomic E-state index is -0.793. The van der Waals surface area contributed by atoms with Gasteiger partial charge in [0, 0.05) is 18.3 Å². The van der Waals surface area contributed by atoms with Crippen LogP contribution in [0, 0.1) is 27.7 Å². The van der Waals surface area contributed by atoms with Crippen molar-refractivity contribution in [2.45, 2.75) is 40.7 Å². The lowest BCUT2D eigenvalue weighted by molar-refractivity contribution is -0.137. The first kappa shape index (κ1) is 14.3. The Morgan fingerprint density at radius 1 is 1.20 bits per heavy atom. The molecule has 0 radical (unpaired) electrons. The summed E-state index contributed by atoms with van der Waals surface area (Å²) >= 11 is 0. The van der Waals surface area contributed by atoms with E-state index in [0.717, 1.165) is 11.3 Å². The van der Waals surface area contributed by atoms with E-state index in [1.165, 1.54) is 22.3 Å². The molecule has 1 aromatic carbocycles. The van der Waals surface area contributed by atoms with Crippen LogP contribution >= 0.6 is 0 Å². The maximum Gasteiger partial charge on any atom is 0.305 e. The van der Waals surface area contributed by atoms with Crippen LogP contribution in [0.4, 0.5) is 0 Å². The van der Waals surface area contributed by atoms with Gasteiger partial charge >= 0.3 is 5.97 Å². The maximum absolute atomic E-state index is 10.6. The topological polar surface area (TPSA) is 55.1 Å². The van der Waals surface area contributed by atoms with Gasteiger partial charge in [0.15, 0.2) is 0 Å². The Bertz CT molecular complexity index is 630. The molecule has 4 heteroatoms. The summed E-state index contributed by atoms with van der Waals surface area (Å²) in [7, 11) is 0. The van der Waals surface area contributed by atoms with Crippen molar-refractivity contribution in [1.82, 2.24) is 9.55 Å². The summed E-state index contributed by atoms with van der Waals surface area (Å²) in [6, 6.07) is 2.19. The molecule has 1 N–H and O–H groups in total. The second kappa shape index (κ2) is 5.49. The number of hydrogen-bond donors (Lipinski definition) is 1. The van der Waals surface area contributed by atoms with Gasteiger partial charge in [0.1, 0.15) is 0 Å². The molecule has 4 nitrogen and oxygen atoms in total. The number of imidazole rings is 1. The molecule has 0 atom stereocenters. The first-order valence-corrected chi connectivity index (χ1v) is 6.71. The van der Waals surface area contributed by atoms with Crippen molar-refractivity contribution < 1.29 is 9.90 Å². The molecule has 2 rings (SSSR count). The Morgan fingerprint density at radius 2 is 1.80 bits per heavy atom. The van der Waals surface area contributed by atoms with Crippen LogP contribution in [0.15, 0.2) is 18.6 Å². The third-order valence-electron chi connectivity index (χ3n) is 3.84. The maximum atomic E-state index is 10.6. The number of aromatic nitrogens is 2. The summed E-state index contributed by atoms with van der Waals surface area (Å²) in [6.07, 6.45) is 3.74. The Kier molecular flexibility index (Phi) is 3.93. The van der Waals surface area contributed by atoms with Crippen molar-refractivity contribution in [3.63, 3.8) is 0 Å². The van der Waals surface area contributed by atoms with E-state index in [0.29, 0.717) is 6.54 Å². The molecular weight excluding hydrogens is 252 g/mol. The number of hydrogen-bond acceptors (Lipinski definition) is 2. The molecule has 106 valence electrons. The highest BCUT2D eigenvalue weighted by molar-refractivity contribution is 5.70. The summed E-state index contributed by atoms with van der Waals surface area (Å²) in [6.45, 7) is 8.87. The van der Waals surface area contributed by atoms with Crippen molar-refractivity contribution in [1.29, 1.82) is 0 Å². The van der Waals surface area contributed by atoms with Gasteiger partial charge in [-0.1, -0.05) is 6.07 Å². The van der Waals surface area contributed by atoms with Crippen LogP contribution in [-0.4, -0.2) is 20.6 Å². The zero-order valence-corrected chi connectivity index (χ0v) is 12.4. The zero-order chi connectivity index (χ0) is 14.9. The highest BCUT2D eigenvalue weighted by Crippen LogP contribution is 2.30. The average Bonchev–Trinajstić information content (AvgIpc) is 2.83. The molecule has 0 bridgehead atoms. The molecule has 0 unspecified atom stereocenters. The van der Waals surface area contributed by atoms with Gasteiger partial charge in [-0.05, 0) is 49.9 Å². The number of nitrogens with zero attached hydrogens (tertiary/aromatic N) is 2. The van der Waals surface area contributed by atoms with E-state index in [2.05, 4.69) is 38.7 Å². The number of aliphatic carboxylic acids is 1. The second-order valence-corrected chi connectivity index (χ2v) is 5.28. The Morgan fingerprint density at radius 3 is 2.35 bits per heavy atom. The summed E-state index contributed by atoms with van der Waals surface area (Å²) in [5.74, 6) is -0.793. The van der Waals surface area contributed by atoms with Gasteiger partial charge in [-0.25, -0.2) is 4.98 Å². The monoisotopic (exact) mass is 272 g/mol. The van der Waals surface area contributed by atoms with Crippen molar-refractivity contribution >= 4 is 5.97 Å². The van der Waals surface area contributed by atoms with Gasteiger partial charge in [-0.3, -0.25) is 4.79 Å². The minimum absolute atomic E-state index is 0.112.